The van der Waals surface area contributed by atoms with Crippen LogP contribution in [0, 0.1) is 0 Å². The molecule has 2 aliphatic rings. The molecule has 0 saturated carbocycles. The van der Waals surface area contributed by atoms with Gasteiger partial charge in [-0.25, -0.2) is 15.0 Å². The molecule has 7 heteroatoms. The third-order valence-electron chi connectivity index (χ3n) is 2.60. The van der Waals surface area contributed by atoms with Gasteiger partial charge in [0.2, 0.25) is 5.79 Å². The van der Waals surface area contributed by atoms with Gasteiger partial charge in [-0.3, -0.25) is 10.1 Å². The van der Waals surface area contributed by atoms with Gasteiger partial charge in [0.25, 0.3) is 5.91 Å². The van der Waals surface area contributed by atoms with Gasteiger partial charge in [-0.05, 0) is 19.2 Å². The molecule has 3 heterocycles. The molecule has 1 unspecified atom stereocenters. The molecule has 0 aromatic carbocycles. The average molecular weight is 231 g/mol. The van der Waals surface area contributed by atoms with Crippen molar-refractivity contribution in [3.63, 3.8) is 0 Å². The summed E-state index contributed by atoms with van der Waals surface area (Å²) in [7, 11) is 1.67. The highest BCUT2D eigenvalue weighted by Crippen LogP contribution is 2.24. The first kappa shape index (κ1) is 9.91. The minimum Gasteiger partial charge on any atom is -0.463 e. The van der Waals surface area contributed by atoms with Crippen LogP contribution in [0.25, 0.3) is 0 Å². The first-order valence-corrected chi connectivity index (χ1v) is 5.01. The van der Waals surface area contributed by atoms with Gasteiger partial charge in [-0.15, -0.1) is 0 Å². The Labute approximate surface area is 96.4 Å². The smallest absolute Gasteiger partial charge is 0.277 e. The highest BCUT2D eigenvalue weighted by molar-refractivity contribution is 6.69. The topological polar surface area (TPSA) is 91.3 Å². The van der Waals surface area contributed by atoms with Crippen LogP contribution in [0.2, 0.25) is 0 Å². The Hall–Kier alpha value is -2.28. The first-order chi connectivity index (χ1) is 8.25. The number of amidine groups is 1. The molecule has 1 amide bonds. The second-order valence-electron chi connectivity index (χ2n) is 3.55. The average Bonchev–Trinajstić information content (AvgIpc) is 2.99. The lowest BCUT2D eigenvalue weighted by Gasteiger charge is -2.31. The standard InChI is InChI=1S/C10H9N5O2/c1-11-10(6-3-2-4-17-6)14-8-7(9(16)15-10)12-5-13-8/h2-5,11H,1H3,(H,15,16). The molecular weight excluding hydrogens is 222 g/mol. The fourth-order valence-electron chi connectivity index (χ4n) is 1.76. The van der Waals surface area contributed by atoms with E-state index in [0.29, 0.717) is 11.6 Å². The van der Waals surface area contributed by atoms with Crippen LogP contribution in [0.5, 0.6) is 0 Å². The quantitative estimate of drug-likeness (QED) is 0.726. The number of furan rings is 1. The summed E-state index contributed by atoms with van der Waals surface area (Å²) in [5, 5.41) is 5.63. The Kier molecular flexibility index (Phi) is 1.96. The largest absolute Gasteiger partial charge is 0.463 e. The molecule has 1 aromatic heterocycles. The van der Waals surface area contributed by atoms with Crippen LogP contribution in [0.3, 0.4) is 0 Å². The predicted molar refractivity (Wildman–Crippen MR) is 61.0 cm³/mol. The van der Waals surface area contributed by atoms with Gasteiger partial charge in [0.15, 0.2) is 17.3 Å². The summed E-state index contributed by atoms with van der Waals surface area (Å²) in [6.07, 6.45) is 2.82. The van der Waals surface area contributed by atoms with E-state index in [0.717, 1.165) is 0 Å². The van der Waals surface area contributed by atoms with Crippen molar-refractivity contribution in [3.05, 3.63) is 24.2 Å². The van der Waals surface area contributed by atoms with Crippen molar-refractivity contribution in [1.82, 2.24) is 10.6 Å². The summed E-state index contributed by atoms with van der Waals surface area (Å²) in [6.45, 7) is 0. The highest BCUT2D eigenvalue weighted by Gasteiger charge is 2.42. The lowest BCUT2D eigenvalue weighted by Crippen LogP contribution is -2.59. The zero-order valence-corrected chi connectivity index (χ0v) is 8.97. The van der Waals surface area contributed by atoms with Crippen molar-refractivity contribution in [2.24, 2.45) is 15.0 Å². The van der Waals surface area contributed by atoms with E-state index in [2.05, 4.69) is 25.6 Å². The van der Waals surface area contributed by atoms with Crippen LogP contribution in [0.15, 0.2) is 37.8 Å². The van der Waals surface area contributed by atoms with Crippen molar-refractivity contribution >= 4 is 23.8 Å². The zero-order chi connectivity index (χ0) is 11.9. The molecule has 7 nitrogen and oxygen atoms in total. The molecule has 0 aliphatic carbocycles. The van der Waals surface area contributed by atoms with Gasteiger partial charge >= 0.3 is 0 Å². The minimum atomic E-state index is -1.11. The Bertz CT molecular complexity index is 557. The van der Waals surface area contributed by atoms with Crippen molar-refractivity contribution in [2.75, 3.05) is 7.05 Å². The number of nitrogens with zero attached hydrogens (tertiary/aromatic N) is 3. The molecule has 86 valence electrons. The van der Waals surface area contributed by atoms with E-state index in [4.69, 9.17) is 4.42 Å². The van der Waals surface area contributed by atoms with E-state index in [9.17, 15) is 4.79 Å². The minimum absolute atomic E-state index is 0.224. The summed E-state index contributed by atoms with van der Waals surface area (Å²) in [5.74, 6) is -0.656. The fourth-order valence-corrected chi connectivity index (χ4v) is 1.76. The van der Waals surface area contributed by atoms with Gasteiger partial charge in [0.05, 0.1) is 6.26 Å². The number of carbonyl (C=O) groups excluding carboxylic acids is 1. The van der Waals surface area contributed by atoms with Crippen LogP contribution in [0.1, 0.15) is 5.76 Å². The molecule has 0 bridgehead atoms. The Balaban J connectivity index is 2.14. The van der Waals surface area contributed by atoms with Crippen LogP contribution in [0.4, 0.5) is 0 Å². The van der Waals surface area contributed by atoms with Gasteiger partial charge in [-0.1, -0.05) is 0 Å². The lowest BCUT2D eigenvalue weighted by atomic mass is 10.1. The summed E-state index contributed by atoms with van der Waals surface area (Å²) < 4.78 is 5.29. The second-order valence-corrected chi connectivity index (χ2v) is 3.55. The normalized spacial score (nSPS) is 26.3. The number of hydrogen-bond acceptors (Lipinski definition) is 6. The van der Waals surface area contributed by atoms with Crippen LogP contribution in [-0.4, -0.2) is 30.8 Å². The first-order valence-electron chi connectivity index (χ1n) is 5.01. The van der Waals surface area contributed by atoms with E-state index in [1.54, 1.807) is 19.2 Å². The summed E-state index contributed by atoms with van der Waals surface area (Å²) in [5.41, 5.74) is 0.224. The molecule has 2 aliphatic heterocycles. The molecular formula is C10H9N5O2. The molecule has 0 fully saturated rings. The summed E-state index contributed by atoms with van der Waals surface area (Å²) in [4.78, 5) is 24.0. The van der Waals surface area contributed by atoms with Crippen LogP contribution >= 0.6 is 0 Å². The molecule has 0 saturated heterocycles. The third kappa shape index (κ3) is 1.32. The predicted octanol–water partition coefficient (Wildman–Crippen LogP) is -0.380. The summed E-state index contributed by atoms with van der Waals surface area (Å²) in [6, 6.07) is 3.45. The van der Waals surface area contributed by atoms with Gasteiger partial charge in [0, 0.05) is 0 Å². The van der Waals surface area contributed by atoms with E-state index in [-0.39, 0.29) is 11.6 Å². The van der Waals surface area contributed by atoms with Gasteiger partial charge in [-0.2, -0.15) is 0 Å². The zero-order valence-electron chi connectivity index (χ0n) is 8.97. The Morgan fingerprint density at radius 1 is 1.53 bits per heavy atom. The maximum Gasteiger partial charge on any atom is 0.277 e. The number of amides is 1. The molecule has 1 aromatic rings. The van der Waals surface area contributed by atoms with E-state index < -0.39 is 5.79 Å². The Morgan fingerprint density at radius 3 is 3.12 bits per heavy atom. The number of nitrogens with one attached hydrogen (secondary N) is 2. The van der Waals surface area contributed by atoms with Crippen molar-refractivity contribution < 1.29 is 9.21 Å². The van der Waals surface area contributed by atoms with Crippen LogP contribution in [-0.2, 0) is 10.6 Å². The van der Waals surface area contributed by atoms with E-state index in [1.165, 1.54) is 12.6 Å². The van der Waals surface area contributed by atoms with Crippen molar-refractivity contribution in [3.8, 4) is 0 Å². The molecule has 1 atom stereocenters. The van der Waals surface area contributed by atoms with Crippen molar-refractivity contribution in [2.45, 2.75) is 5.79 Å². The van der Waals surface area contributed by atoms with Crippen LogP contribution < -0.4 is 10.6 Å². The van der Waals surface area contributed by atoms with Crippen molar-refractivity contribution in [1.29, 1.82) is 0 Å². The molecule has 2 N–H and O–H groups in total. The Morgan fingerprint density at radius 2 is 2.41 bits per heavy atom. The number of hydrogen-bond donors (Lipinski definition) is 2. The maximum atomic E-state index is 11.9. The molecule has 0 spiro atoms. The van der Waals surface area contributed by atoms with Gasteiger partial charge in [0.1, 0.15) is 6.34 Å². The number of carbonyl (C=O) groups is 1. The monoisotopic (exact) mass is 231 g/mol. The summed E-state index contributed by atoms with van der Waals surface area (Å²) >= 11 is 0. The number of fused-ring (bicyclic) bond motifs is 1. The van der Waals surface area contributed by atoms with E-state index in [1.807, 2.05) is 0 Å². The number of rotatable bonds is 2. The molecule has 0 radical (unpaired) electrons. The second kappa shape index (κ2) is 3.36. The molecule has 3 rings (SSSR count). The van der Waals surface area contributed by atoms with Gasteiger partial charge < -0.3 is 9.73 Å². The lowest BCUT2D eigenvalue weighted by molar-refractivity contribution is -0.117. The number of aliphatic imine (C=N–C) groups is 3. The molecule has 17 heavy (non-hydrogen) atoms. The third-order valence-corrected chi connectivity index (χ3v) is 2.60. The SMILES string of the molecule is CNC1(c2ccco2)N=C2N=CN=C2C(=O)N1. The maximum absolute atomic E-state index is 11.9. The highest BCUT2D eigenvalue weighted by atomic mass is 16.3. The fraction of sp³-hybridized carbons (Fsp3) is 0.200. The van der Waals surface area contributed by atoms with E-state index >= 15 is 0 Å².